The lowest BCUT2D eigenvalue weighted by Gasteiger charge is -2.31. The van der Waals surface area contributed by atoms with Gasteiger partial charge in [0.05, 0.1) is 43.0 Å². The molecule has 4 aromatic rings. The SMILES string of the molecule is CCOC(=O)c1ccc(N2C(=O)C3Sc4c(sc(=O)n4CC(=O)Nc4ccc(Cl)cc4)C(c4ccc(OC)c(OC)c4)C3C2=O)cc1. The van der Waals surface area contributed by atoms with E-state index in [1.165, 1.54) is 43.1 Å². The molecule has 2 aliphatic heterocycles. The molecule has 0 aliphatic carbocycles. The van der Waals surface area contributed by atoms with Gasteiger partial charge in [0.15, 0.2) is 11.5 Å². The Morgan fingerprint density at radius 1 is 0.915 bits per heavy atom. The van der Waals surface area contributed by atoms with Crippen molar-refractivity contribution >= 4 is 69.8 Å². The van der Waals surface area contributed by atoms with Gasteiger partial charge in [-0.25, -0.2) is 9.69 Å². The van der Waals surface area contributed by atoms with Crippen molar-refractivity contribution in [2.24, 2.45) is 5.92 Å². The number of halogens is 1. The topological polar surface area (TPSA) is 133 Å². The number of esters is 1. The molecule has 0 saturated carbocycles. The number of methoxy groups -OCH3 is 2. The van der Waals surface area contributed by atoms with Gasteiger partial charge in [0.2, 0.25) is 17.7 Å². The maximum absolute atomic E-state index is 14.2. The van der Waals surface area contributed by atoms with Gasteiger partial charge >= 0.3 is 10.8 Å². The van der Waals surface area contributed by atoms with Crippen molar-refractivity contribution in [1.29, 1.82) is 0 Å². The van der Waals surface area contributed by atoms with E-state index < -0.39 is 45.6 Å². The van der Waals surface area contributed by atoms with Gasteiger partial charge in [0, 0.05) is 21.5 Å². The minimum absolute atomic E-state index is 0.208. The summed E-state index contributed by atoms with van der Waals surface area (Å²) in [6.45, 7) is 1.60. The quantitative estimate of drug-likeness (QED) is 0.186. The summed E-state index contributed by atoms with van der Waals surface area (Å²) in [6.07, 6.45) is 0. The van der Waals surface area contributed by atoms with Crippen molar-refractivity contribution in [2.75, 3.05) is 31.0 Å². The highest BCUT2D eigenvalue weighted by Gasteiger charge is 2.57. The summed E-state index contributed by atoms with van der Waals surface area (Å²) in [5.41, 5.74) is 1.73. The number of nitrogens with zero attached hydrogens (tertiary/aromatic N) is 2. The van der Waals surface area contributed by atoms with Crippen molar-refractivity contribution in [3.8, 4) is 11.5 Å². The van der Waals surface area contributed by atoms with Crippen LogP contribution in [0.2, 0.25) is 5.02 Å². The highest BCUT2D eigenvalue weighted by molar-refractivity contribution is 8.00. The Morgan fingerprint density at radius 2 is 1.62 bits per heavy atom. The molecule has 1 aromatic heterocycles. The molecule has 3 aromatic carbocycles. The first kappa shape index (κ1) is 32.4. The molecule has 1 N–H and O–H groups in total. The highest BCUT2D eigenvalue weighted by atomic mass is 35.5. The van der Waals surface area contributed by atoms with E-state index in [1.54, 1.807) is 49.4 Å². The van der Waals surface area contributed by atoms with Crippen LogP contribution in [0.15, 0.2) is 76.6 Å². The maximum Gasteiger partial charge on any atom is 0.338 e. The van der Waals surface area contributed by atoms with Crippen molar-refractivity contribution in [2.45, 2.75) is 29.7 Å². The van der Waals surface area contributed by atoms with Crippen LogP contribution in [0.3, 0.4) is 0 Å². The van der Waals surface area contributed by atoms with Crippen LogP contribution in [-0.2, 0) is 25.7 Å². The molecule has 11 nitrogen and oxygen atoms in total. The van der Waals surface area contributed by atoms with E-state index in [4.69, 9.17) is 25.8 Å². The summed E-state index contributed by atoms with van der Waals surface area (Å²) < 4.78 is 17.4. The van der Waals surface area contributed by atoms with E-state index in [1.807, 2.05) is 0 Å². The fourth-order valence-electron chi connectivity index (χ4n) is 5.75. The third-order valence-electron chi connectivity index (χ3n) is 7.88. The summed E-state index contributed by atoms with van der Waals surface area (Å²) in [4.78, 5) is 68.3. The average Bonchev–Trinajstić information content (AvgIpc) is 3.51. The van der Waals surface area contributed by atoms with Gasteiger partial charge in [0.25, 0.3) is 0 Å². The number of imide groups is 1. The molecule has 0 spiro atoms. The van der Waals surface area contributed by atoms with Crippen LogP contribution >= 0.6 is 34.7 Å². The summed E-state index contributed by atoms with van der Waals surface area (Å²) in [7, 11) is 3.00. The van der Waals surface area contributed by atoms with Gasteiger partial charge in [0.1, 0.15) is 11.8 Å². The lowest BCUT2D eigenvalue weighted by molar-refractivity contribution is -0.122. The van der Waals surface area contributed by atoms with E-state index in [2.05, 4.69) is 5.32 Å². The predicted octanol–water partition coefficient (Wildman–Crippen LogP) is 5.19. The number of carbonyl (C=O) groups is 4. The number of ether oxygens (including phenoxy) is 3. The van der Waals surface area contributed by atoms with Crippen molar-refractivity contribution < 1.29 is 33.4 Å². The van der Waals surface area contributed by atoms with E-state index in [-0.39, 0.29) is 18.7 Å². The number of amides is 3. The first-order chi connectivity index (χ1) is 22.6. The number of aromatic nitrogens is 1. The molecule has 2 aliphatic rings. The van der Waals surface area contributed by atoms with Crippen molar-refractivity contribution in [3.63, 3.8) is 0 Å². The molecule has 1 fully saturated rings. The standard InChI is InChI=1S/C33H28ClN3O8S2/c1-4-45-32(41)17-5-12-21(13-6-17)37-29(39)26-25(18-7-14-22(43-2)23(15-18)44-3)28-31(46-27(26)30(37)40)36(33(42)47-28)16-24(38)35-20-10-8-19(34)9-11-20/h5-15,25-27H,4,16H2,1-3H3,(H,35,38). The first-order valence-electron chi connectivity index (χ1n) is 14.5. The minimum Gasteiger partial charge on any atom is -0.493 e. The van der Waals surface area contributed by atoms with Crippen LogP contribution in [-0.4, -0.2) is 54.3 Å². The van der Waals surface area contributed by atoms with Crippen LogP contribution < -0.4 is 24.6 Å². The number of nitrogens with one attached hydrogen (secondary N) is 1. The van der Waals surface area contributed by atoms with Crippen molar-refractivity contribution in [1.82, 2.24) is 4.57 Å². The number of anilines is 2. The fraction of sp³-hybridized carbons (Fsp3) is 0.242. The second-order valence-electron chi connectivity index (χ2n) is 10.6. The fourth-order valence-corrected chi connectivity index (χ4v) is 8.65. The van der Waals surface area contributed by atoms with Crippen LogP contribution in [0.4, 0.5) is 11.4 Å². The number of benzene rings is 3. The van der Waals surface area contributed by atoms with E-state index in [0.29, 0.717) is 43.4 Å². The van der Waals surface area contributed by atoms with Gasteiger partial charge in [-0.05, 0) is 73.2 Å². The molecule has 47 heavy (non-hydrogen) atoms. The zero-order valence-electron chi connectivity index (χ0n) is 25.4. The number of fused-ring (bicyclic) bond motifs is 2. The summed E-state index contributed by atoms with van der Waals surface area (Å²) in [5, 5.41) is 2.81. The second-order valence-corrected chi connectivity index (χ2v) is 13.2. The van der Waals surface area contributed by atoms with Gasteiger partial charge in [-0.2, -0.15) is 0 Å². The van der Waals surface area contributed by atoms with Crippen LogP contribution in [0.25, 0.3) is 0 Å². The third kappa shape index (κ3) is 6.01. The monoisotopic (exact) mass is 693 g/mol. The number of thiazole rings is 1. The van der Waals surface area contributed by atoms with E-state index >= 15 is 0 Å². The summed E-state index contributed by atoms with van der Waals surface area (Å²) in [5.74, 6) is -2.59. The third-order valence-corrected chi connectivity index (χ3v) is 10.7. The zero-order valence-corrected chi connectivity index (χ0v) is 27.7. The molecule has 0 bridgehead atoms. The molecule has 3 amide bonds. The molecule has 3 atom stereocenters. The summed E-state index contributed by atoms with van der Waals surface area (Å²) >= 11 is 8.00. The minimum atomic E-state index is -0.905. The Balaban J connectivity index is 1.40. The number of carbonyl (C=O) groups excluding carboxylic acids is 4. The highest BCUT2D eigenvalue weighted by Crippen LogP contribution is 2.54. The molecular formula is C33H28ClN3O8S2. The van der Waals surface area contributed by atoms with Crippen LogP contribution in [0.1, 0.15) is 33.6 Å². The lowest BCUT2D eigenvalue weighted by Crippen LogP contribution is -2.33. The Kier molecular flexibility index (Phi) is 9.13. The molecule has 3 unspecified atom stereocenters. The van der Waals surface area contributed by atoms with Gasteiger partial charge < -0.3 is 19.5 Å². The van der Waals surface area contributed by atoms with Gasteiger partial charge in [-0.15, -0.1) is 0 Å². The number of rotatable bonds is 9. The largest absolute Gasteiger partial charge is 0.493 e. The number of hydrogen-bond donors (Lipinski definition) is 1. The van der Waals surface area contributed by atoms with Gasteiger partial charge in [-0.1, -0.05) is 40.8 Å². The maximum atomic E-state index is 14.2. The normalized spacial score (nSPS) is 18.4. The number of thioether (sulfide) groups is 1. The predicted molar refractivity (Wildman–Crippen MR) is 178 cm³/mol. The Hall–Kier alpha value is -4.59. The van der Waals surface area contributed by atoms with E-state index in [9.17, 15) is 24.0 Å². The van der Waals surface area contributed by atoms with Gasteiger partial charge in [-0.3, -0.25) is 23.7 Å². The Bertz CT molecular complexity index is 1940. The number of hydrogen-bond acceptors (Lipinski definition) is 10. The molecular weight excluding hydrogens is 666 g/mol. The molecule has 242 valence electrons. The molecule has 14 heteroatoms. The van der Waals surface area contributed by atoms with Crippen LogP contribution in [0.5, 0.6) is 11.5 Å². The molecule has 1 saturated heterocycles. The van der Waals surface area contributed by atoms with Crippen LogP contribution in [0, 0.1) is 5.92 Å². The summed E-state index contributed by atoms with van der Waals surface area (Å²) in [6, 6.07) is 17.9. The first-order valence-corrected chi connectivity index (χ1v) is 16.5. The Morgan fingerprint density at radius 3 is 2.28 bits per heavy atom. The molecule has 0 radical (unpaired) electrons. The lowest BCUT2D eigenvalue weighted by atomic mass is 9.83. The average molecular weight is 694 g/mol. The van der Waals surface area contributed by atoms with E-state index in [0.717, 1.165) is 28.0 Å². The smallest absolute Gasteiger partial charge is 0.338 e. The Labute approximate surface area is 282 Å². The zero-order chi connectivity index (χ0) is 33.4. The van der Waals surface area contributed by atoms with Crippen molar-refractivity contribution in [3.05, 3.63) is 97.4 Å². The second kappa shape index (κ2) is 13.3. The molecule has 3 heterocycles. The molecule has 6 rings (SSSR count).